The largest absolute Gasteiger partial charge is 0.299 e. The fourth-order valence-electron chi connectivity index (χ4n) is 1.84. The van der Waals surface area contributed by atoms with Gasteiger partial charge in [0.05, 0.1) is 12.1 Å². The Hall–Kier alpha value is -1.62. The molecule has 0 fully saturated rings. The Bertz CT molecular complexity index is 659. The minimum absolute atomic E-state index is 0.0438. The molecule has 1 heterocycles. The minimum Gasteiger partial charge on any atom is -0.299 e. The lowest BCUT2D eigenvalue weighted by Gasteiger charge is -2.14. The Morgan fingerprint density at radius 3 is 2.48 bits per heavy atom. The minimum atomic E-state index is -0.926. The number of nitrogens with zero attached hydrogens (tertiary/aromatic N) is 1. The summed E-state index contributed by atoms with van der Waals surface area (Å²) >= 11 is 1.45. The maximum absolute atomic E-state index is 13.1. The van der Waals surface area contributed by atoms with Crippen molar-refractivity contribution in [2.24, 2.45) is 0 Å². The van der Waals surface area contributed by atoms with Crippen LogP contribution >= 0.6 is 11.3 Å². The van der Waals surface area contributed by atoms with Gasteiger partial charge in [0.25, 0.3) is 0 Å². The van der Waals surface area contributed by atoms with E-state index in [2.05, 4.69) is 25.8 Å². The lowest BCUT2D eigenvalue weighted by Crippen LogP contribution is -2.12. The van der Waals surface area contributed by atoms with E-state index in [0.29, 0.717) is 5.56 Å². The van der Waals surface area contributed by atoms with Crippen LogP contribution in [0, 0.1) is 11.6 Å². The zero-order valence-electron chi connectivity index (χ0n) is 12.2. The fourth-order valence-corrected chi connectivity index (χ4v) is 2.89. The third kappa shape index (κ3) is 4.17. The van der Waals surface area contributed by atoms with Crippen LogP contribution in [0.15, 0.2) is 23.6 Å². The van der Waals surface area contributed by atoms with Crippen molar-refractivity contribution in [2.75, 3.05) is 0 Å². The summed E-state index contributed by atoms with van der Waals surface area (Å²) in [6.45, 7) is 6.19. The Morgan fingerprint density at radius 1 is 1.19 bits per heavy atom. The second-order valence-corrected chi connectivity index (χ2v) is 6.96. The van der Waals surface area contributed by atoms with Crippen molar-refractivity contribution in [1.82, 2.24) is 4.98 Å². The summed E-state index contributed by atoms with van der Waals surface area (Å²) in [4.78, 5) is 16.4. The normalized spacial score (nSPS) is 11.7. The highest BCUT2D eigenvalue weighted by Crippen LogP contribution is 2.24. The number of hydrogen-bond donors (Lipinski definition) is 0. The maximum atomic E-state index is 13.1. The molecule has 0 saturated carbocycles. The van der Waals surface area contributed by atoms with Gasteiger partial charge < -0.3 is 0 Å². The zero-order valence-corrected chi connectivity index (χ0v) is 13.1. The molecule has 112 valence electrons. The van der Waals surface area contributed by atoms with E-state index in [-0.39, 0.29) is 24.0 Å². The summed E-state index contributed by atoms with van der Waals surface area (Å²) in [5.41, 5.74) is 1.40. The molecule has 0 saturated heterocycles. The van der Waals surface area contributed by atoms with Crippen molar-refractivity contribution >= 4 is 17.1 Å². The first kappa shape index (κ1) is 15.8. The van der Waals surface area contributed by atoms with Crippen molar-refractivity contribution in [2.45, 2.75) is 39.0 Å². The van der Waals surface area contributed by atoms with Crippen LogP contribution in [0.3, 0.4) is 0 Å². The monoisotopic (exact) mass is 309 g/mol. The van der Waals surface area contributed by atoms with Crippen LogP contribution in [0.5, 0.6) is 0 Å². The highest BCUT2D eigenvalue weighted by atomic mass is 32.1. The molecule has 0 bridgehead atoms. The van der Waals surface area contributed by atoms with Crippen LogP contribution in [0.2, 0.25) is 0 Å². The molecule has 0 atom stereocenters. The van der Waals surface area contributed by atoms with Gasteiger partial charge in [-0.25, -0.2) is 13.8 Å². The third-order valence-corrected chi connectivity index (χ3v) is 3.90. The highest BCUT2D eigenvalue weighted by molar-refractivity contribution is 7.09. The first-order valence-electron chi connectivity index (χ1n) is 6.66. The van der Waals surface area contributed by atoms with Crippen molar-refractivity contribution in [3.8, 4) is 0 Å². The Morgan fingerprint density at radius 2 is 1.90 bits per heavy atom. The summed E-state index contributed by atoms with van der Waals surface area (Å²) in [6.07, 6.45) is 0.307. The molecule has 2 nitrogen and oxygen atoms in total. The summed E-state index contributed by atoms with van der Waals surface area (Å²) in [5.74, 6) is -1.89. The molecule has 0 aliphatic heterocycles. The van der Waals surface area contributed by atoms with E-state index in [1.54, 1.807) is 0 Å². The van der Waals surface area contributed by atoms with Crippen molar-refractivity contribution in [3.63, 3.8) is 0 Å². The van der Waals surface area contributed by atoms with Crippen molar-refractivity contribution in [1.29, 1.82) is 0 Å². The Labute approximate surface area is 126 Å². The van der Waals surface area contributed by atoms with Crippen molar-refractivity contribution < 1.29 is 13.6 Å². The summed E-state index contributed by atoms with van der Waals surface area (Å²) in [5, 5.41) is 2.72. The SMILES string of the molecule is CC(C)(C)c1csc(CC(=O)Cc2ccc(F)c(F)c2)n1. The number of hydrogen-bond acceptors (Lipinski definition) is 3. The molecule has 0 aliphatic rings. The lowest BCUT2D eigenvalue weighted by atomic mass is 9.93. The molecule has 21 heavy (non-hydrogen) atoms. The molecular formula is C16H17F2NOS. The second kappa shape index (κ2) is 6.02. The lowest BCUT2D eigenvalue weighted by molar-refractivity contribution is -0.117. The molecular weight excluding hydrogens is 292 g/mol. The van der Waals surface area contributed by atoms with Gasteiger partial charge in [-0.1, -0.05) is 26.8 Å². The van der Waals surface area contributed by atoms with E-state index in [9.17, 15) is 13.6 Å². The van der Waals surface area contributed by atoms with Crippen LogP contribution in [0.4, 0.5) is 8.78 Å². The Kier molecular flexibility index (Phi) is 4.52. The van der Waals surface area contributed by atoms with Gasteiger partial charge >= 0.3 is 0 Å². The van der Waals surface area contributed by atoms with Gasteiger partial charge in [-0.3, -0.25) is 4.79 Å². The number of carbonyl (C=O) groups is 1. The molecule has 2 rings (SSSR count). The number of halogens is 2. The van der Waals surface area contributed by atoms with Crippen LogP contribution in [-0.4, -0.2) is 10.8 Å². The van der Waals surface area contributed by atoms with E-state index >= 15 is 0 Å². The summed E-state index contributed by atoms with van der Waals surface area (Å²) in [6, 6.07) is 3.54. The zero-order chi connectivity index (χ0) is 15.6. The van der Waals surface area contributed by atoms with Gasteiger partial charge in [-0.2, -0.15) is 0 Å². The number of aromatic nitrogens is 1. The Balaban J connectivity index is 2.01. The molecule has 0 radical (unpaired) electrons. The molecule has 1 aromatic heterocycles. The first-order chi connectivity index (χ1) is 9.75. The topological polar surface area (TPSA) is 30.0 Å². The van der Waals surface area contributed by atoms with Gasteiger partial charge in [0.1, 0.15) is 10.8 Å². The van der Waals surface area contributed by atoms with Crippen LogP contribution in [0.25, 0.3) is 0 Å². The number of Topliss-reactive ketones (excluding diaryl/α,β-unsaturated/α-hetero) is 1. The molecule has 5 heteroatoms. The maximum Gasteiger partial charge on any atom is 0.159 e. The molecule has 0 amide bonds. The molecule has 0 N–H and O–H groups in total. The summed E-state index contributed by atoms with van der Waals surface area (Å²) < 4.78 is 25.9. The van der Waals surface area contributed by atoms with Crippen LogP contribution in [0.1, 0.15) is 37.0 Å². The van der Waals surface area contributed by atoms with E-state index in [1.165, 1.54) is 17.4 Å². The molecule has 2 aromatic rings. The number of rotatable bonds is 4. The van der Waals surface area contributed by atoms with Gasteiger partial charge in [0.2, 0.25) is 0 Å². The predicted octanol–water partition coefficient (Wildman–Crippen LogP) is 4.07. The molecule has 1 aromatic carbocycles. The van der Waals surface area contributed by atoms with E-state index < -0.39 is 11.6 Å². The van der Waals surface area contributed by atoms with Gasteiger partial charge in [0.15, 0.2) is 11.6 Å². The average Bonchev–Trinajstić information content (AvgIpc) is 2.82. The van der Waals surface area contributed by atoms with Crippen LogP contribution in [-0.2, 0) is 23.1 Å². The smallest absolute Gasteiger partial charge is 0.159 e. The highest BCUT2D eigenvalue weighted by Gasteiger charge is 2.18. The fraction of sp³-hybridized carbons (Fsp3) is 0.375. The van der Waals surface area contributed by atoms with Gasteiger partial charge in [-0.05, 0) is 17.7 Å². The van der Waals surface area contributed by atoms with Crippen LogP contribution < -0.4 is 0 Å². The molecule has 0 unspecified atom stereocenters. The second-order valence-electron chi connectivity index (χ2n) is 6.02. The number of ketones is 1. The standard InChI is InChI=1S/C16H17F2NOS/c1-16(2,3)14-9-21-15(19-14)8-11(20)6-10-4-5-12(17)13(18)7-10/h4-5,7,9H,6,8H2,1-3H3. The number of benzene rings is 1. The third-order valence-electron chi connectivity index (χ3n) is 3.05. The number of carbonyl (C=O) groups excluding carboxylic acids is 1. The average molecular weight is 309 g/mol. The van der Waals surface area contributed by atoms with E-state index in [4.69, 9.17) is 0 Å². The predicted molar refractivity (Wildman–Crippen MR) is 79.6 cm³/mol. The van der Waals surface area contributed by atoms with Gasteiger partial charge in [0, 0.05) is 17.2 Å². The summed E-state index contributed by atoms with van der Waals surface area (Å²) in [7, 11) is 0. The molecule has 0 spiro atoms. The van der Waals surface area contributed by atoms with E-state index in [1.807, 2.05) is 5.38 Å². The first-order valence-corrected chi connectivity index (χ1v) is 7.54. The van der Waals surface area contributed by atoms with Crippen molar-refractivity contribution in [3.05, 3.63) is 51.5 Å². The van der Waals surface area contributed by atoms with E-state index in [0.717, 1.165) is 22.8 Å². The molecule has 0 aliphatic carbocycles. The quantitative estimate of drug-likeness (QED) is 0.852. The number of thiazole rings is 1. The van der Waals surface area contributed by atoms with Gasteiger partial charge in [-0.15, -0.1) is 11.3 Å².